The second-order valence-electron chi connectivity index (χ2n) is 9.56. The number of H-pyrrole nitrogens is 1. The van der Waals surface area contributed by atoms with Crippen LogP contribution in [0.3, 0.4) is 0 Å². The minimum absolute atomic E-state index is 0.129. The van der Waals surface area contributed by atoms with Crippen LogP contribution in [0, 0.1) is 5.41 Å². The third kappa shape index (κ3) is 3.71. The zero-order valence-corrected chi connectivity index (χ0v) is 19.3. The van der Waals surface area contributed by atoms with Crippen molar-refractivity contribution in [1.29, 1.82) is 0 Å². The molecule has 34 heavy (non-hydrogen) atoms. The Bertz CT molecular complexity index is 1450. The van der Waals surface area contributed by atoms with Gasteiger partial charge in [0.15, 0.2) is 0 Å². The molecule has 1 aliphatic heterocycles. The number of nitrogens with one attached hydrogen (secondary N) is 2. The molecular weight excluding hydrogens is 465 g/mol. The molecule has 0 amide bonds. The SMILES string of the molecule is Cn1c(=O)[nH]c2cc(NC3CC4(CCN(c5ncnc6sc(CC(F)(F)F)cc56)C4)C3)ccc21. The Morgan fingerprint density at radius 1 is 1.26 bits per heavy atom. The number of imidazole rings is 1. The van der Waals surface area contributed by atoms with Gasteiger partial charge in [-0.05, 0) is 48.9 Å². The molecule has 178 valence electrons. The molecule has 0 unspecified atom stereocenters. The minimum atomic E-state index is -4.24. The highest BCUT2D eigenvalue weighted by atomic mass is 32.1. The van der Waals surface area contributed by atoms with Crippen molar-refractivity contribution >= 4 is 44.1 Å². The number of fused-ring (bicyclic) bond motifs is 2. The lowest BCUT2D eigenvalue weighted by Crippen LogP contribution is -2.46. The van der Waals surface area contributed by atoms with Crippen LogP contribution in [-0.4, -0.2) is 44.8 Å². The van der Waals surface area contributed by atoms with E-state index in [-0.39, 0.29) is 16.0 Å². The summed E-state index contributed by atoms with van der Waals surface area (Å²) >= 11 is 1.09. The molecule has 1 aliphatic carbocycles. The monoisotopic (exact) mass is 488 g/mol. The van der Waals surface area contributed by atoms with Crippen molar-refractivity contribution < 1.29 is 13.2 Å². The van der Waals surface area contributed by atoms with Gasteiger partial charge < -0.3 is 15.2 Å². The summed E-state index contributed by atoms with van der Waals surface area (Å²) in [4.78, 5) is 26.4. The molecule has 1 aromatic carbocycles. The Hall–Kier alpha value is -3.08. The summed E-state index contributed by atoms with van der Waals surface area (Å²) in [5.41, 5.74) is 2.72. The maximum Gasteiger partial charge on any atom is 0.393 e. The van der Waals surface area contributed by atoms with E-state index >= 15 is 0 Å². The third-order valence-electron chi connectivity index (χ3n) is 7.11. The topological polar surface area (TPSA) is 78.8 Å². The molecule has 0 atom stereocenters. The van der Waals surface area contributed by atoms with Gasteiger partial charge in [0.1, 0.15) is 17.0 Å². The largest absolute Gasteiger partial charge is 0.393 e. The van der Waals surface area contributed by atoms with Crippen LogP contribution in [-0.2, 0) is 13.5 Å². The summed E-state index contributed by atoms with van der Waals surface area (Å²) in [6.45, 7) is 1.67. The molecule has 3 aromatic heterocycles. The highest BCUT2D eigenvalue weighted by molar-refractivity contribution is 7.18. The van der Waals surface area contributed by atoms with Gasteiger partial charge in [0.05, 0.1) is 22.8 Å². The van der Waals surface area contributed by atoms with Crippen LogP contribution in [0.25, 0.3) is 21.3 Å². The van der Waals surface area contributed by atoms with Crippen LogP contribution in [0.1, 0.15) is 24.1 Å². The van der Waals surface area contributed by atoms with Gasteiger partial charge in [-0.15, -0.1) is 11.3 Å². The van der Waals surface area contributed by atoms with E-state index in [0.717, 1.165) is 66.2 Å². The number of nitrogens with zero attached hydrogens (tertiary/aromatic N) is 4. The fourth-order valence-electron chi connectivity index (χ4n) is 5.53. The van der Waals surface area contributed by atoms with Gasteiger partial charge in [-0.3, -0.25) is 4.57 Å². The third-order valence-corrected chi connectivity index (χ3v) is 8.15. The number of hydrogen-bond acceptors (Lipinski definition) is 6. The highest BCUT2D eigenvalue weighted by Gasteiger charge is 2.49. The molecular formula is C23H23F3N6OS. The van der Waals surface area contributed by atoms with E-state index in [4.69, 9.17) is 0 Å². The number of aromatic amines is 1. The van der Waals surface area contributed by atoms with Crippen molar-refractivity contribution in [3.05, 3.63) is 46.0 Å². The van der Waals surface area contributed by atoms with Crippen LogP contribution in [0.5, 0.6) is 0 Å². The highest BCUT2D eigenvalue weighted by Crippen LogP contribution is 2.50. The Kier molecular flexibility index (Phi) is 4.71. The molecule has 0 bridgehead atoms. The number of aryl methyl sites for hydroxylation is 1. The quantitative estimate of drug-likeness (QED) is 0.444. The van der Waals surface area contributed by atoms with Crippen LogP contribution in [0.15, 0.2) is 35.4 Å². The number of hydrogen-bond donors (Lipinski definition) is 2. The number of halogens is 3. The summed E-state index contributed by atoms with van der Waals surface area (Å²) in [7, 11) is 1.74. The lowest BCUT2D eigenvalue weighted by molar-refractivity contribution is -0.126. The van der Waals surface area contributed by atoms with Gasteiger partial charge in [-0.1, -0.05) is 0 Å². The lowest BCUT2D eigenvalue weighted by Gasteiger charge is -2.46. The average molecular weight is 489 g/mol. The summed E-state index contributed by atoms with van der Waals surface area (Å²) in [5.74, 6) is 0.737. The maximum atomic E-state index is 12.9. The first kappa shape index (κ1) is 21.5. The average Bonchev–Trinajstić information content (AvgIpc) is 3.42. The molecule has 2 fully saturated rings. The van der Waals surface area contributed by atoms with E-state index in [1.54, 1.807) is 17.7 Å². The van der Waals surface area contributed by atoms with Crippen LogP contribution >= 0.6 is 11.3 Å². The second kappa shape index (κ2) is 7.46. The van der Waals surface area contributed by atoms with E-state index in [1.165, 1.54) is 6.33 Å². The van der Waals surface area contributed by atoms with Gasteiger partial charge in [-0.2, -0.15) is 13.2 Å². The number of alkyl halides is 3. The minimum Gasteiger partial charge on any atom is -0.382 e. The Morgan fingerprint density at radius 3 is 2.88 bits per heavy atom. The maximum absolute atomic E-state index is 12.9. The predicted octanol–water partition coefficient (Wildman–Crippen LogP) is 4.45. The molecule has 2 N–H and O–H groups in total. The Morgan fingerprint density at radius 2 is 2.09 bits per heavy atom. The summed E-state index contributed by atoms with van der Waals surface area (Å²) < 4.78 is 40.1. The van der Waals surface area contributed by atoms with Gasteiger partial charge in [-0.25, -0.2) is 14.8 Å². The predicted molar refractivity (Wildman–Crippen MR) is 127 cm³/mol. The number of anilines is 2. The van der Waals surface area contributed by atoms with E-state index in [0.29, 0.717) is 16.3 Å². The molecule has 4 heterocycles. The van der Waals surface area contributed by atoms with E-state index in [1.807, 2.05) is 18.2 Å². The summed E-state index contributed by atoms with van der Waals surface area (Å²) in [6.07, 6.45) is -0.658. The molecule has 7 nitrogen and oxygen atoms in total. The Balaban J connectivity index is 1.14. The van der Waals surface area contributed by atoms with Crippen molar-refractivity contribution in [3.63, 3.8) is 0 Å². The lowest BCUT2D eigenvalue weighted by atomic mass is 9.65. The van der Waals surface area contributed by atoms with Crippen molar-refractivity contribution in [2.45, 2.75) is 37.9 Å². The van der Waals surface area contributed by atoms with Gasteiger partial charge in [0.2, 0.25) is 0 Å². The summed E-state index contributed by atoms with van der Waals surface area (Å²) in [5, 5.41) is 4.29. The summed E-state index contributed by atoms with van der Waals surface area (Å²) in [6, 6.07) is 7.85. The zero-order valence-electron chi connectivity index (χ0n) is 18.4. The standard InChI is InChI=1S/C23H23F3N6OS/c1-31-18-3-2-13(6-17(18)30-21(31)33)29-14-8-22(9-14)4-5-32(11-22)19-16-7-15(10-23(24,25)26)34-20(16)28-12-27-19/h2-3,6-7,12,14,29H,4-5,8-11H2,1H3,(H,30,33). The second-order valence-corrected chi connectivity index (χ2v) is 10.7. The number of benzene rings is 1. The van der Waals surface area contributed by atoms with E-state index in [9.17, 15) is 18.0 Å². The molecule has 1 spiro atoms. The van der Waals surface area contributed by atoms with E-state index < -0.39 is 12.6 Å². The number of rotatable bonds is 4. The zero-order chi connectivity index (χ0) is 23.7. The first-order chi connectivity index (χ1) is 16.2. The first-order valence-electron chi connectivity index (χ1n) is 11.2. The first-order valence-corrected chi connectivity index (χ1v) is 12.0. The van der Waals surface area contributed by atoms with Crippen molar-refractivity contribution in [1.82, 2.24) is 19.5 Å². The molecule has 1 saturated heterocycles. The van der Waals surface area contributed by atoms with Gasteiger partial charge >= 0.3 is 11.9 Å². The van der Waals surface area contributed by atoms with E-state index in [2.05, 4.69) is 25.2 Å². The van der Waals surface area contributed by atoms with Crippen LogP contribution in [0.4, 0.5) is 24.7 Å². The van der Waals surface area contributed by atoms with Gasteiger partial charge in [0, 0.05) is 36.7 Å². The van der Waals surface area contributed by atoms with Crippen molar-refractivity contribution in [2.75, 3.05) is 23.3 Å². The molecule has 4 aromatic rings. The van der Waals surface area contributed by atoms with Crippen molar-refractivity contribution in [3.8, 4) is 0 Å². The number of thiophene rings is 1. The fraction of sp³-hybridized carbons (Fsp3) is 0.435. The van der Waals surface area contributed by atoms with Gasteiger partial charge in [0.25, 0.3) is 0 Å². The molecule has 2 aliphatic rings. The molecule has 11 heteroatoms. The normalized spacial score (nSPS) is 22.7. The van der Waals surface area contributed by atoms with Crippen LogP contribution < -0.4 is 15.9 Å². The van der Waals surface area contributed by atoms with Crippen LogP contribution in [0.2, 0.25) is 0 Å². The van der Waals surface area contributed by atoms with Crippen molar-refractivity contribution in [2.24, 2.45) is 12.5 Å². The molecule has 0 radical (unpaired) electrons. The fourth-order valence-corrected chi connectivity index (χ4v) is 6.55. The smallest absolute Gasteiger partial charge is 0.382 e. The molecule has 6 rings (SSSR count). The number of aromatic nitrogens is 4. The Labute approximate surface area is 196 Å². The molecule has 1 saturated carbocycles.